The summed E-state index contributed by atoms with van der Waals surface area (Å²) in [5, 5.41) is 0. The first kappa shape index (κ1) is 15.8. The molecule has 0 radical (unpaired) electrons. The number of hydrogen-bond acceptors (Lipinski definition) is 4. The topological polar surface area (TPSA) is 92.2 Å². The van der Waals surface area contributed by atoms with Gasteiger partial charge in [0.05, 0.1) is 0 Å². The molecule has 0 saturated heterocycles. The quantitative estimate of drug-likeness (QED) is 0.316. The average molecular weight is 143 g/mol. The van der Waals surface area contributed by atoms with Crippen molar-refractivity contribution in [2.45, 2.75) is 0 Å². The molecule has 32 valence electrons. The Hall–Kier alpha value is 1.36. The Kier molecular flexibility index (Phi) is 12.4. The van der Waals surface area contributed by atoms with Crippen molar-refractivity contribution in [1.29, 1.82) is 0 Å². The summed E-state index contributed by atoms with van der Waals surface area (Å²) < 4.78 is 0. The minimum Gasteiger partial charge on any atom is -0.894 e. The van der Waals surface area contributed by atoms with Gasteiger partial charge in [0, 0.05) is 0 Å². The Morgan fingerprint density at radius 3 is 0.857 bits per heavy atom. The summed E-state index contributed by atoms with van der Waals surface area (Å²) in [5.74, 6) is 0. The van der Waals surface area contributed by atoms with Crippen molar-refractivity contribution in [1.82, 2.24) is 0 Å². The fourth-order valence-corrected chi connectivity index (χ4v) is 0. The summed E-state index contributed by atoms with van der Waals surface area (Å²) in [5.41, 5.74) is 0. The van der Waals surface area contributed by atoms with Crippen LogP contribution in [0.5, 0.6) is 0 Å². The van der Waals surface area contributed by atoms with E-state index in [2.05, 4.69) is 0 Å². The monoisotopic (exact) mass is 143 g/mol. The van der Waals surface area contributed by atoms with Gasteiger partial charge >= 0.3 is 40.4 Å². The number of hydrogen-bond donors (Lipinski definition) is 0. The van der Waals surface area contributed by atoms with E-state index in [4.69, 9.17) is 19.2 Å². The van der Waals surface area contributed by atoms with E-state index in [1.54, 1.807) is 0 Å². The fraction of sp³-hybridized carbons (Fsp3) is 0. The van der Waals surface area contributed by atoms with Gasteiger partial charge in [-0.3, -0.25) is 0 Å². The van der Waals surface area contributed by atoms with Gasteiger partial charge in [0.15, 0.2) is 0 Å². The molecule has 0 unspecified atom stereocenters. The van der Waals surface area contributed by atoms with Crippen molar-refractivity contribution < 1.29 is 19.2 Å². The Balaban J connectivity index is -0.0000000800. The van der Waals surface area contributed by atoms with Crippen molar-refractivity contribution in [3.8, 4) is 0 Å². The van der Waals surface area contributed by atoms with Crippen molar-refractivity contribution in [3.05, 3.63) is 0 Å². The van der Waals surface area contributed by atoms with E-state index >= 15 is 0 Å². The van der Waals surface area contributed by atoms with Gasteiger partial charge in [0.25, 0.3) is 0 Å². The van der Waals surface area contributed by atoms with Crippen LogP contribution in [0.25, 0.3) is 0 Å². The average Bonchev–Trinajstić information content (AvgIpc) is 0.722. The van der Waals surface area contributed by atoms with Crippen LogP contribution in [0, 0.1) is 0 Å². The van der Waals surface area contributed by atoms with E-state index in [1.807, 2.05) is 0 Å². The van der Waals surface area contributed by atoms with Crippen LogP contribution < -0.4 is 19.2 Å². The van der Waals surface area contributed by atoms with E-state index in [0.29, 0.717) is 0 Å². The molecule has 0 spiro atoms. The van der Waals surface area contributed by atoms with Crippen LogP contribution in [0.4, 0.5) is 0 Å². The minimum atomic E-state index is -5.61. The summed E-state index contributed by atoms with van der Waals surface area (Å²) >= 11 is 0. The Bertz CT molecular complexity index is 27.2. The zero-order valence-electron chi connectivity index (χ0n) is 3.42. The van der Waals surface area contributed by atoms with Gasteiger partial charge in [0.2, 0.25) is 0 Å². The molecule has 0 aromatic heterocycles. The Labute approximate surface area is 68.6 Å². The van der Waals surface area contributed by atoms with Crippen molar-refractivity contribution >= 4 is 49.5 Å². The molecule has 0 saturated carbocycles. The second-order valence-electron chi connectivity index (χ2n) is 0.500. The third kappa shape index (κ3) is 115. The SMILES string of the molecule is [Al+3].[Mg+2].[O-][Si]([O-])([O-])[O-]. The molecule has 0 aromatic rings. The van der Waals surface area contributed by atoms with Crippen LogP contribution in [0.15, 0.2) is 0 Å². The van der Waals surface area contributed by atoms with E-state index in [-0.39, 0.29) is 40.4 Å². The van der Waals surface area contributed by atoms with Crippen molar-refractivity contribution in [2.24, 2.45) is 0 Å². The standard InChI is InChI=1S/Al.Mg.O4Si/c;;1-5(2,3)4/q+3;+2;-4. The van der Waals surface area contributed by atoms with Gasteiger partial charge in [-0.1, -0.05) is 0 Å². The summed E-state index contributed by atoms with van der Waals surface area (Å²) in [6, 6.07) is 0. The van der Waals surface area contributed by atoms with Crippen LogP contribution in [0.2, 0.25) is 0 Å². The summed E-state index contributed by atoms with van der Waals surface area (Å²) in [6.07, 6.45) is 0. The molecule has 7 heavy (non-hydrogen) atoms. The molecule has 0 heterocycles. The normalized spacial score (nSPS) is 8.57. The smallest absolute Gasteiger partial charge is 0.894 e. The maximum Gasteiger partial charge on any atom is 3.00 e. The molecule has 0 N–H and O–H groups in total. The maximum atomic E-state index is 8.58. The van der Waals surface area contributed by atoms with Gasteiger partial charge in [-0.2, -0.15) is 0 Å². The van der Waals surface area contributed by atoms with E-state index in [9.17, 15) is 0 Å². The Morgan fingerprint density at radius 2 is 0.857 bits per heavy atom. The molecular formula is AlMgO4Si+. The first-order valence-electron chi connectivity index (χ1n) is 0.816. The molecule has 0 aliphatic heterocycles. The molecule has 0 fully saturated rings. The van der Waals surface area contributed by atoms with E-state index in [1.165, 1.54) is 0 Å². The number of rotatable bonds is 0. The molecule has 0 aromatic carbocycles. The van der Waals surface area contributed by atoms with Gasteiger partial charge in [-0.15, -0.1) is 0 Å². The second-order valence-corrected chi connectivity index (χ2v) is 1.50. The minimum absolute atomic E-state index is 0. The van der Waals surface area contributed by atoms with Gasteiger partial charge in [-0.25, -0.2) is 0 Å². The molecule has 7 heteroatoms. The molecular weight excluding hydrogens is 143 g/mol. The Morgan fingerprint density at radius 1 is 0.857 bits per heavy atom. The largest absolute Gasteiger partial charge is 3.00 e. The van der Waals surface area contributed by atoms with Crippen molar-refractivity contribution in [2.75, 3.05) is 0 Å². The zero-order chi connectivity index (χ0) is 4.50. The van der Waals surface area contributed by atoms with Crippen LogP contribution in [0.3, 0.4) is 0 Å². The summed E-state index contributed by atoms with van der Waals surface area (Å²) in [7, 11) is -5.61. The maximum absolute atomic E-state index is 8.58. The molecule has 0 atom stereocenters. The third-order valence-corrected chi connectivity index (χ3v) is 0. The molecule has 0 amide bonds. The first-order chi connectivity index (χ1) is 2.00. The molecule has 0 aliphatic carbocycles. The second kappa shape index (κ2) is 5.49. The first-order valence-corrected chi connectivity index (χ1v) is 2.45. The fourth-order valence-electron chi connectivity index (χ4n) is 0. The van der Waals surface area contributed by atoms with Gasteiger partial charge < -0.3 is 28.2 Å². The summed E-state index contributed by atoms with van der Waals surface area (Å²) in [4.78, 5) is 34.3. The van der Waals surface area contributed by atoms with E-state index < -0.39 is 9.05 Å². The molecule has 0 rings (SSSR count). The van der Waals surface area contributed by atoms with Crippen LogP contribution in [-0.4, -0.2) is 49.5 Å². The van der Waals surface area contributed by atoms with Crippen molar-refractivity contribution in [3.63, 3.8) is 0 Å². The van der Waals surface area contributed by atoms with Gasteiger partial charge in [0.1, 0.15) is 0 Å². The molecule has 0 bridgehead atoms. The molecule has 0 aliphatic rings. The van der Waals surface area contributed by atoms with Gasteiger partial charge in [-0.05, 0) is 0 Å². The molecule has 4 nitrogen and oxygen atoms in total. The predicted molar refractivity (Wildman–Crippen MR) is 17.3 cm³/mol. The van der Waals surface area contributed by atoms with Crippen LogP contribution in [-0.2, 0) is 0 Å². The zero-order valence-corrected chi connectivity index (χ0v) is 6.99. The summed E-state index contributed by atoms with van der Waals surface area (Å²) in [6.45, 7) is 0. The van der Waals surface area contributed by atoms with E-state index in [0.717, 1.165) is 0 Å². The predicted octanol–water partition coefficient (Wildman–Crippen LogP) is -5.90. The third-order valence-electron chi connectivity index (χ3n) is 0. The van der Waals surface area contributed by atoms with Crippen LogP contribution >= 0.6 is 0 Å². The van der Waals surface area contributed by atoms with Crippen LogP contribution in [0.1, 0.15) is 0 Å².